The Morgan fingerprint density at radius 1 is 0.806 bits per heavy atom. The van der Waals surface area contributed by atoms with E-state index in [-0.39, 0.29) is 40.0 Å². The maximum atomic E-state index is 12.8. The third-order valence-electron chi connectivity index (χ3n) is 3.59. The minimum Gasteiger partial charge on any atom is -0.800 e. The zero-order valence-electron chi connectivity index (χ0n) is 15.5. The topological polar surface area (TPSA) is 76.4 Å². The summed E-state index contributed by atoms with van der Waals surface area (Å²) in [5.74, 6) is -2.12. The monoisotopic (exact) mass is 454 g/mol. The van der Waals surface area contributed by atoms with E-state index in [1.165, 1.54) is 0 Å². The van der Waals surface area contributed by atoms with Gasteiger partial charge in [0.05, 0.1) is 17.2 Å². The third kappa shape index (κ3) is 6.15. The van der Waals surface area contributed by atoms with Gasteiger partial charge in [0.1, 0.15) is 11.5 Å². The summed E-state index contributed by atoms with van der Waals surface area (Å²) < 4.78 is 86.5. The van der Waals surface area contributed by atoms with Crippen LogP contribution in [0.3, 0.4) is 0 Å². The van der Waals surface area contributed by atoms with Gasteiger partial charge in [-0.2, -0.15) is 31.3 Å². The van der Waals surface area contributed by atoms with Crippen molar-refractivity contribution in [3.8, 4) is 23.3 Å². The Morgan fingerprint density at radius 2 is 1.29 bits per heavy atom. The van der Waals surface area contributed by atoms with Crippen LogP contribution in [0, 0.1) is 5.21 Å². The second-order valence-electron chi connectivity index (χ2n) is 5.76. The molecule has 0 aliphatic rings. The van der Waals surface area contributed by atoms with Gasteiger partial charge in [0, 0.05) is 0 Å². The molecule has 1 heterocycles. The molecule has 0 bridgehead atoms. The summed E-state index contributed by atoms with van der Waals surface area (Å²) in [6.45, 7) is 0. The predicted molar refractivity (Wildman–Crippen MR) is 90.3 cm³/mol. The molecular weight excluding hydrogens is 445 g/mol. The Morgan fingerprint density at radius 3 is 1.77 bits per heavy atom. The van der Waals surface area contributed by atoms with Gasteiger partial charge in [0.15, 0.2) is 0 Å². The first-order valence-corrected chi connectivity index (χ1v) is 7.95. The summed E-state index contributed by atoms with van der Waals surface area (Å²) >= 11 is 0. The average molecular weight is 454 g/mol. The zero-order chi connectivity index (χ0) is 22.1. The summed E-state index contributed by atoms with van der Waals surface area (Å²) in [4.78, 5) is 15.0. The molecule has 0 amide bonds. The summed E-state index contributed by atoms with van der Waals surface area (Å²) in [5, 5.41) is 11.8. The Bertz CT molecular complexity index is 1130. The number of alkyl halides is 6. The van der Waals surface area contributed by atoms with Gasteiger partial charge in [-0.3, -0.25) is 4.73 Å². The molecule has 0 N–H and O–H groups in total. The number of aromatic nitrogens is 2. The van der Waals surface area contributed by atoms with Crippen LogP contribution in [0.4, 0.5) is 26.3 Å². The van der Waals surface area contributed by atoms with Crippen LogP contribution >= 0.6 is 0 Å². The second-order valence-corrected chi connectivity index (χ2v) is 5.76. The SMILES string of the molecule is O=c1nc(Oc2cccc(C(F)(F)F)c2)cc(Oc2cccc(C(F)(F)F)c2)n1[O-].[Na+]. The molecule has 0 spiro atoms. The van der Waals surface area contributed by atoms with Crippen molar-refractivity contribution < 1.29 is 65.4 Å². The molecule has 0 radical (unpaired) electrons. The molecule has 158 valence electrons. The number of benzene rings is 2. The maximum absolute atomic E-state index is 12.8. The van der Waals surface area contributed by atoms with Gasteiger partial charge in [-0.15, -0.1) is 0 Å². The molecule has 2 aromatic carbocycles. The number of ether oxygens (including phenoxy) is 2. The van der Waals surface area contributed by atoms with Crippen molar-refractivity contribution in [2.45, 2.75) is 12.4 Å². The molecule has 0 aliphatic heterocycles. The van der Waals surface area contributed by atoms with Crippen LogP contribution in [0.1, 0.15) is 11.1 Å². The van der Waals surface area contributed by atoms with E-state index >= 15 is 0 Å². The van der Waals surface area contributed by atoms with E-state index in [0.29, 0.717) is 12.1 Å². The summed E-state index contributed by atoms with van der Waals surface area (Å²) in [5.41, 5.74) is -3.53. The molecule has 0 aliphatic carbocycles. The van der Waals surface area contributed by atoms with Gasteiger partial charge in [-0.25, -0.2) is 4.79 Å². The van der Waals surface area contributed by atoms with Gasteiger partial charge in [0.2, 0.25) is 11.8 Å². The van der Waals surface area contributed by atoms with Crippen molar-refractivity contribution >= 4 is 0 Å². The Hall–Kier alpha value is -2.70. The molecule has 13 heteroatoms. The fourth-order valence-electron chi connectivity index (χ4n) is 2.27. The predicted octanol–water partition coefficient (Wildman–Crippen LogP) is 2.22. The third-order valence-corrected chi connectivity index (χ3v) is 3.59. The fraction of sp³-hybridized carbons (Fsp3) is 0.111. The van der Waals surface area contributed by atoms with Crippen LogP contribution < -0.4 is 44.7 Å². The summed E-state index contributed by atoms with van der Waals surface area (Å²) in [7, 11) is 0. The number of rotatable bonds is 4. The number of nitrogens with zero attached hydrogens (tertiary/aromatic N) is 2. The molecule has 6 nitrogen and oxygen atoms in total. The molecule has 3 rings (SSSR count). The standard InChI is InChI=1S/C18H9F6N2O4.Na/c19-17(20,21)10-3-1-5-12(7-10)29-14-9-15(26(28)16(27)25-14)30-13-6-2-4-11(8-13)18(22,23)24;/h1-9H;/q-1;+1. The van der Waals surface area contributed by atoms with Crippen molar-refractivity contribution in [1.29, 1.82) is 0 Å². The van der Waals surface area contributed by atoms with E-state index in [9.17, 15) is 36.3 Å². The number of hydrogen-bond acceptors (Lipinski definition) is 5. The molecule has 0 fully saturated rings. The van der Waals surface area contributed by atoms with Gasteiger partial charge in [-0.1, -0.05) is 12.1 Å². The molecule has 0 atom stereocenters. The molecule has 0 saturated heterocycles. The maximum Gasteiger partial charge on any atom is 1.00 e. The Balaban J connectivity index is 0.00000341. The van der Waals surface area contributed by atoms with Crippen LogP contribution in [0.2, 0.25) is 0 Å². The van der Waals surface area contributed by atoms with E-state index < -0.39 is 46.7 Å². The average Bonchev–Trinajstić information content (AvgIpc) is 2.65. The number of hydrogen-bond donors (Lipinski definition) is 0. The first-order valence-electron chi connectivity index (χ1n) is 7.95. The smallest absolute Gasteiger partial charge is 0.800 e. The minimum absolute atomic E-state index is 0. The first-order chi connectivity index (χ1) is 13.9. The van der Waals surface area contributed by atoms with Gasteiger partial charge < -0.3 is 14.7 Å². The van der Waals surface area contributed by atoms with E-state index in [2.05, 4.69) is 4.98 Å². The van der Waals surface area contributed by atoms with Crippen LogP contribution in [0.25, 0.3) is 0 Å². The van der Waals surface area contributed by atoms with Crippen LogP contribution in [0.15, 0.2) is 59.4 Å². The summed E-state index contributed by atoms with van der Waals surface area (Å²) in [6, 6.07) is 7.87. The number of halogens is 6. The van der Waals surface area contributed by atoms with E-state index in [0.717, 1.165) is 42.5 Å². The van der Waals surface area contributed by atoms with Crippen molar-refractivity contribution in [2.24, 2.45) is 0 Å². The van der Waals surface area contributed by atoms with Crippen molar-refractivity contribution in [3.63, 3.8) is 0 Å². The molecule has 0 saturated carbocycles. The quantitative estimate of drug-likeness (QED) is 0.447. The molecule has 31 heavy (non-hydrogen) atoms. The van der Waals surface area contributed by atoms with E-state index in [1.807, 2.05) is 0 Å². The van der Waals surface area contributed by atoms with Crippen LogP contribution in [-0.2, 0) is 12.4 Å². The molecule has 1 aromatic heterocycles. The van der Waals surface area contributed by atoms with Crippen LogP contribution in [0.5, 0.6) is 23.3 Å². The zero-order valence-corrected chi connectivity index (χ0v) is 17.5. The molecular formula is C18H9F6N2NaO4. The van der Waals surface area contributed by atoms with Crippen molar-refractivity contribution in [2.75, 3.05) is 0 Å². The first kappa shape index (κ1) is 24.6. The van der Waals surface area contributed by atoms with Gasteiger partial charge in [-0.05, 0) is 36.4 Å². The van der Waals surface area contributed by atoms with E-state index in [1.54, 1.807) is 0 Å². The van der Waals surface area contributed by atoms with Gasteiger partial charge >= 0.3 is 47.6 Å². The van der Waals surface area contributed by atoms with Crippen LogP contribution in [-0.4, -0.2) is 9.71 Å². The summed E-state index contributed by atoms with van der Waals surface area (Å²) in [6.07, 6.45) is -9.32. The van der Waals surface area contributed by atoms with Crippen molar-refractivity contribution in [1.82, 2.24) is 9.71 Å². The molecule has 3 aromatic rings. The largest absolute Gasteiger partial charge is 1.00 e. The Kier molecular flexibility index (Phi) is 7.29. The molecule has 0 unspecified atom stereocenters. The second kappa shape index (κ2) is 9.20. The normalized spacial score (nSPS) is 11.5. The Labute approximate surface area is 191 Å². The minimum atomic E-state index is -4.67. The van der Waals surface area contributed by atoms with Crippen molar-refractivity contribution in [3.05, 3.63) is 81.4 Å². The van der Waals surface area contributed by atoms with Gasteiger partial charge in [0.25, 0.3) is 0 Å². The van der Waals surface area contributed by atoms with E-state index in [4.69, 9.17) is 9.47 Å². The fourth-order valence-corrected chi connectivity index (χ4v) is 2.27.